The molecule has 0 aromatic rings. The van der Waals surface area contributed by atoms with Crippen LogP contribution >= 0.6 is 0 Å². The topological polar surface area (TPSA) is 30.5 Å². The van der Waals surface area contributed by atoms with E-state index in [9.17, 15) is 0 Å². The predicted molar refractivity (Wildman–Crippen MR) is 62.1 cm³/mol. The smallest absolute Gasteiger partial charge is 0.0625 e. The van der Waals surface area contributed by atoms with E-state index in [-0.39, 0.29) is 0 Å². The molecule has 0 amide bonds. The molecule has 1 aliphatic rings. The minimum absolute atomic E-state index is 0.341. The Labute approximate surface area is 93.5 Å². The van der Waals surface area contributed by atoms with E-state index in [0.29, 0.717) is 24.4 Å². The van der Waals surface area contributed by atoms with Gasteiger partial charge in [-0.1, -0.05) is 6.92 Å². The molecule has 3 heteroatoms. The van der Waals surface area contributed by atoms with Gasteiger partial charge in [-0.25, -0.2) is 0 Å². The molecule has 1 saturated heterocycles. The standard InChI is InChI=1S/C12H25NO2/c1-5-13-9(2)8-14-12-6-10(3)15-11(4)7-12/h9-13H,5-8H2,1-4H3. The molecule has 15 heavy (non-hydrogen) atoms. The number of likely N-dealkylation sites (N-methyl/N-ethyl adjacent to an activating group) is 1. The molecule has 90 valence electrons. The minimum atomic E-state index is 0.341. The molecule has 0 radical (unpaired) electrons. The van der Waals surface area contributed by atoms with E-state index >= 15 is 0 Å². The Bertz CT molecular complexity index is 165. The van der Waals surface area contributed by atoms with Gasteiger partial charge in [0.25, 0.3) is 0 Å². The van der Waals surface area contributed by atoms with Gasteiger partial charge < -0.3 is 14.8 Å². The summed E-state index contributed by atoms with van der Waals surface area (Å²) in [5.74, 6) is 0. The summed E-state index contributed by atoms with van der Waals surface area (Å²) in [4.78, 5) is 0. The zero-order chi connectivity index (χ0) is 11.3. The van der Waals surface area contributed by atoms with Gasteiger partial charge >= 0.3 is 0 Å². The molecular weight excluding hydrogens is 190 g/mol. The van der Waals surface area contributed by atoms with Gasteiger partial charge in [-0.2, -0.15) is 0 Å². The maximum Gasteiger partial charge on any atom is 0.0625 e. The average Bonchev–Trinajstić information content (AvgIpc) is 2.14. The molecule has 1 rings (SSSR count). The Morgan fingerprint density at radius 1 is 1.33 bits per heavy atom. The van der Waals surface area contributed by atoms with Gasteiger partial charge in [0, 0.05) is 6.04 Å². The number of hydrogen-bond donors (Lipinski definition) is 1. The second-order valence-corrected chi connectivity index (χ2v) is 4.64. The molecule has 0 aromatic heterocycles. The molecule has 0 aliphatic carbocycles. The SMILES string of the molecule is CCNC(C)COC1CC(C)OC(C)C1. The van der Waals surface area contributed by atoms with E-state index in [4.69, 9.17) is 9.47 Å². The zero-order valence-corrected chi connectivity index (χ0v) is 10.5. The quantitative estimate of drug-likeness (QED) is 0.760. The second kappa shape index (κ2) is 6.46. The van der Waals surface area contributed by atoms with Crippen molar-refractivity contribution >= 4 is 0 Å². The highest BCUT2D eigenvalue weighted by Crippen LogP contribution is 2.21. The highest BCUT2D eigenvalue weighted by molar-refractivity contribution is 4.74. The molecule has 0 aromatic carbocycles. The second-order valence-electron chi connectivity index (χ2n) is 4.64. The highest BCUT2D eigenvalue weighted by Gasteiger charge is 2.25. The number of nitrogens with one attached hydrogen (secondary N) is 1. The maximum atomic E-state index is 5.90. The van der Waals surface area contributed by atoms with Crippen molar-refractivity contribution in [3.63, 3.8) is 0 Å². The first-order valence-electron chi connectivity index (χ1n) is 6.12. The van der Waals surface area contributed by atoms with Crippen LogP contribution in [0.4, 0.5) is 0 Å². The third kappa shape index (κ3) is 4.96. The van der Waals surface area contributed by atoms with Crippen molar-refractivity contribution in [3.05, 3.63) is 0 Å². The van der Waals surface area contributed by atoms with E-state index in [0.717, 1.165) is 26.0 Å². The summed E-state index contributed by atoms with van der Waals surface area (Å²) in [7, 11) is 0. The lowest BCUT2D eigenvalue weighted by Gasteiger charge is -2.32. The van der Waals surface area contributed by atoms with Crippen LogP contribution in [0, 0.1) is 0 Å². The fourth-order valence-electron chi connectivity index (χ4n) is 2.17. The molecule has 1 fully saturated rings. The van der Waals surface area contributed by atoms with Gasteiger partial charge in [-0.15, -0.1) is 0 Å². The third-order valence-corrected chi connectivity index (χ3v) is 2.79. The van der Waals surface area contributed by atoms with Crippen molar-refractivity contribution in [1.29, 1.82) is 0 Å². The van der Waals surface area contributed by atoms with E-state index in [1.54, 1.807) is 0 Å². The minimum Gasteiger partial charge on any atom is -0.376 e. The van der Waals surface area contributed by atoms with E-state index in [1.807, 2.05) is 0 Å². The lowest BCUT2D eigenvalue weighted by atomic mass is 10.0. The maximum absolute atomic E-state index is 5.90. The summed E-state index contributed by atoms with van der Waals surface area (Å²) in [6.07, 6.45) is 3.12. The van der Waals surface area contributed by atoms with E-state index in [1.165, 1.54) is 0 Å². The Hall–Kier alpha value is -0.120. The van der Waals surface area contributed by atoms with Crippen LogP contribution in [-0.2, 0) is 9.47 Å². The van der Waals surface area contributed by atoms with Crippen LogP contribution < -0.4 is 5.32 Å². The molecule has 0 bridgehead atoms. The highest BCUT2D eigenvalue weighted by atomic mass is 16.5. The molecule has 3 atom stereocenters. The normalized spacial score (nSPS) is 34.0. The van der Waals surface area contributed by atoms with Gasteiger partial charge in [0.2, 0.25) is 0 Å². The molecule has 3 unspecified atom stereocenters. The van der Waals surface area contributed by atoms with Crippen LogP contribution in [-0.4, -0.2) is 37.5 Å². The van der Waals surface area contributed by atoms with Crippen LogP contribution in [0.15, 0.2) is 0 Å². The van der Waals surface area contributed by atoms with Crippen molar-refractivity contribution in [2.75, 3.05) is 13.2 Å². The number of hydrogen-bond acceptors (Lipinski definition) is 3. The summed E-state index contributed by atoms with van der Waals surface area (Å²) < 4.78 is 11.6. The van der Waals surface area contributed by atoms with Gasteiger partial charge in [-0.05, 0) is 40.2 Å². The molecule has 0 saturated carbocycles. The fourth-order valence-corrected chi connectivity index (χ4v) is 2.17. The lowest BCUT2D eigenvalue weighted by molar-refractivity contribution is -0.104. The van der Waals surface area contributed by atoms with E-state index in [2.05, 4.69) is 33.0 Å². The monoisotopic (exact) mass is 215 g/mol. The van der Waals surface area contributed by atoms with Crippen molar-refractivity contribution in [2.24, 2.45) is 0 Å². The average molecular weight is 215 g/mol. The molecule has 0 spiro atoms. The van der Waals surface area contributed by atoms with Crippen LogP contribution in [0.2, 0.25) is 0 Å². The van der Waals surface area contributed by atoms with Crippen molar-refractivity contribution in [2.45, 2.75) is 64.9 Å². The van der Waals surface area contributed by atoms with Crippen LogP contribution in [0.1, 0.15) is 40.5 Å². The lowest BCUT2D eigenvalue weighted by Crippen LogP contribution is -2.37. The van der Waals surface area contributed by atoms with Gasteiger partial charge in [0.15, 0.2) is 0 Å². The number of ether oxygens (including phenoxy) is 2. The van der Waals surface area contributed by atoms with Crippen molar-refractivity contribution < 1.29 is 9.47 Å². The summed E-state index contributed by atoms with van der Waals surface area (Å²) in [6.45, 7) is 10.3. The van der Waals surface area contributed by atoms with Crippen molar-refractivity contribution in [1.82, 2.24) is 5.32 Å². The molecular formula is C12H25NO2. The molecule has 3 nitrogen and oxygen atoms in total. The largest absolute Gasteiger partial charge is 0.376 e. The summed E-state index contributed by atoms with van der Waals surface area (Å²) in [5, 5.41) is 3.35. The first-order valence-corrected chi connectivity index (χ1v) is 6.12. The summed E-state index contributed by atoms with van der Waals surface area (Å²) in [5.41, 5.74) is 0. The first-order chi connectivity index (χ1) is 7.11. The van der Waals surface area contributed by atoms with Gasteiger partial charge in [-0.3, -0.25) is 0 Å². The molecule has 1 heterocycles. The van der Waals surface area contributed by atoms with Crippen LogP contribution in [0.5, 0.6) is 0 Å². The summed E-state index contributed by atoms with van der Waals surface area (Å²) in [6, 6.07) is 0.448. The van der Waals surface area contributed by atoms with Gasteiger partial charge in [0.05, 0.1) is 24.9 Å². The van der Waals surface area contributed by atoms with Crippen LogP contribution in [0.25, 0.3) is 0 Å². The first kappa shape index (κ1) is 12.9. The van der Waals surface area contributed by atoms with E-state index < -0.39 is 0 Å². The Kier molecular flexibility index (Phi) is 5.58. The summed E-state index contributed by atoms with van der Waals surface area (Å²) >= 11 is 0. The Morgan fingerprint density at radius 2 is 1.93 bits per heavy atom. The zero-order valence-electron chi connectivity index (χ0n) is 10.5. The fraction of sp³-hybridized carbons (Fsp3) is 1.00. The Balaban J connectivity index is 2.20. The van der Waals surface area contributed by atoms with Crippen LogP contribution in [0.3, 0.4) is 0 Å². The Morgan fingerprint density at radius 3 is 2.47 bits per heavy atom. The molecule has 1 aliphatic heterocycles. The third-order valence-electron chi connectivity index (χ3n) is 2.79. The van der Waals surface area contributed by atoms with Crippen molar-refractivity contribution in [3.8, 4) is 0 Å². The van der Waals surface area contributed by atoms with Gasteiger partial charge in [0.1, 0.15) is 0 Å². The predicted octanol–water partition coefficient (Wildman–Crippen LogP) is 1.96. The molecule has 1 N–H and O–H groups in total. The number of rotatable bonds is 5.